The van der Waals surface area contributed by atoms with Crippen LogP contribution in [0.1, 0.15) is 32.3 Å². The Bertz CT molecular complexity index is 519. The molecule has 2 rings (SSSR count). The summed E-state index contributed by atoms with van der Waals surface area (Å²) in [5.74, 6) is 1.40. The topological polar surface area (TPSA) is 34.2 Å². The number of anilines is 1. The number of aromatic nitrogens is 1. The van der Waals surface area contributed by atoms with E-state index in [-0.39, 0.29) is 0 Å². The number of methoxy groups -OCH3 is 1. The summed E-state index contributed by atoms with van der Waals surface area (Å²) < 4.78 is 6.61. The van der Waals surface area contributed by atoms with Gasteiger partial charge in [0.1, 0.15) is 5.75 Å². The number of benzene rings is 1. The van der Waals surface area contributed by atoms with Crippen molar-refractivity contribution in [1.29, 1.82) is 0 Å². The van der Waals surface area contributed by atoms with Crippen molar-refractivity contribution in [3.63, 3.8) is 0 Å². The largest absolute Gasteiger partial charge is 0.496 e. The molecule has 0 aliphatic heterocycles. The van der Waals surface area contributed by atoms with Crippen molar-refractivity contribution in [2.24, 2.45) is 0 Å². The number of nitrogens with zero attached hydrogens (tertiary/aromatic N) is 1. The fourth-order valence-corrected chi connectivity index (χ4v) is 2.77. The molecule has 0 spiro atoms. The molecule has 1 aromatic heterocycles. The third-order valence-electron chi connectivity index (χ3n) is 2.69. The van der Waals surface area contributed by atoms with Crippen LogP contribution in [0.5, 0.6) is 5.75 Å². The lowest BCUT2D eigenvalue weighted by Crippen LogP contribution is -1.95. The van der Waals surface area contributed by atoms with Crippen LogP contribution in [0.2, 0.25) is 0 Å². The van der Waals surface area contributed by atoms with Crippen LogP contribution in [0, 0.1) is 0 Å². The highest BCUT2D eigenvalue weighted by Gasteiger charge is 2.12. The second kappa shape index (κ2) is 4.92. The summed E-state index contributed by atoms with van der Waals surface area (Å²) in [7, 11) is 1.72. The van der Waals surface area contributed by atoms with Crippen LogP contribution in [0.3, 0.4) is 0 Å². The van der Waals surface area contributed by atoms with E-state index in [0.717, 1.165) is 22.9 Å². The fourth-order valence-electron chi connectivity index (χ4n) is 1.83. The number of hydrogen-bond donors (Lipinski definition) is 1. The van der Waals surface area contributed by atoms with Crippen molar-refractivity contribution >= 4 is 26.7 Å². The number of rotatable bonds is 4. The van der Waals surface area contributed by atoms with Crippen molar-refractivity contribution in [3.05, 3.63) is 17.7 Å². The van der Waals surface area contributed by atoms with Crippen LogP contribution in [-0.4, -0.2) is 18.6 Å². The molecule has 1 N–H and O–H groups in total. The SMILES string of the molecule is CCNc1nc2cc(C(C)C)c(OC)cc2s1. The third kappa shape index (κ3) is 2.36. The molecule has 1 heterocycles. The summed E-state index contributed by atoms with van der Waals surface area (Å²) in [6, 6.07) is 4.22. The Morgan fingerprint density at radius 1 is 1.41 bits per heavy atom. The quantitative estimate of drug-likeness (QED) is 0.894. The predicted molar refractivity (Wildman–Crippen MR) is 74.4 cm³/mol. The Morgan fingerprint density at radius 2 is 2.18 bits per heavy atom. The van der Waals surface area contributed by atoms with Crippen LogP contribution in [0.15, 0.2) is 12.1 Å². The van der Waals surface area contributed by atoms with Gasteiger partial charge in [0.2, 0.25) is 0 Å². The smallest absolute Gasteiger partial charge is 0.183 e. The summed E-state index contributed by atoms with van der Waals surface area (Å²) in [6.07, 6.45) is 0. The number of thiazole rings is 1. The zero-order valence-corrected chi connectivity index (χ0v) is 11.5. The first-order valence-electron chi connectivity index (χ1n) is 5.88. The monoisotopic (exact) mass is 250 g/mol. The van der Waals surface area contributed by atoms with Crippen molar-refractivity contribution in [2.45, 2.75) is 26.7 Å². The molecular weight excluding hydrogens is 232 g/mol. The van der Waals surface area contributed by atoms with Gasteiger partial charge in [-0.1, -0.05) is 25.2 Å². The summed E-state index contributed by atoms with van der Waals surface area (Å²) in [5, 5.41) is 4.23. The van der Waals surface area contributed by atoms with E-state index in [0.29, 0.717) is 5.92 Å². The fraction of sp³-hybridized carbons (Fsp3) is 0.462. The molecule has 0 fully saturated rings. The third-order valence-corrected chi connectivity index (χ3v) is 3.67. The van der Waals surface area contributed by atoms with Crippen LogP contribution in [0.4, 0.5) is 5.13 Å². The summed E-state index contributed by atoms with van der Waals surface area (Å²) in [4.78, 5) is 4.57. The lowest BCUT2D eigenvalue weighted by atomic mass is 10.0. The van der Waals surface area contributed by atoms with Crippen LogP contribution in [0.25, 0.3) is 10.2 Å². The van der Waals surface area contributed by atoms with E-state index in [1.807, 2.05) is 0 Å². The van der Waals surface area contributed by atoms with Gasteiger partial charge in [0.05, 0.1) is 17.3 Å². The van der Waals surface area contributed by atoms with Gasteiger partial charge in [-0.25, -0.2) is 4.98 Å². The first kappa shape index (κ1) is 12.2. The van der Waals surface area contributed by atoms with Gasteiger partial charge in [-0.2, -0.15) is 0 Å². The molecule has 0 atom stereocenters. The van der Waals surface area contributed by atoms with Gasteiger partial charge in [-0.3, -0.25) is 0 Å². The average Bonchev–Trinajstić information content (AvgIpc) is 2.68. The van der Waals surface area contributed by atoms with Crippen LogP contribution >= 0.6 is 11.3 Å². The average molecular weight is 250 g/mol. The molecule has 4 heteroatoms. The predicted octanol–water partition coefficient (Wildman–Crippen LogP) is 3.86. The number of hydrogen-bond acceptors (Lipinski definition) is 4. The van der Waals surface area contributed by atoms with Crippen LogP contribution < -0.4 is 10.1 Å². The van der Waals surface area contributed by atoms with Gasteiger partial charge >= 0.3 is 0 Å². The van der Waals surface area contributed by atoms with Crippen molar-refractivity contribution in [2.75, 3.05) is 19.0 Å². The van der Waals surface area contributed by atoms with Crippen molar-refractivity contribution in [1.82, 2.24) is 4.98 Å². The van der Waals surface area contributed by atoms with Crippen LogP contribution in [-0.2, 0) is 0 Å². The number of ether oxygens (including phenoxy) is 1. The van der Waals surface area contributed by atoms with Gasteiger partial charge in [-0.05, 0) is 30.5 Å². The molecule has 17 heavy (non-hydrogen) atoms. The minimum atomic E-state index is 0.443. The zero-order chi connectivity index (χ0) is 12.4. The van der Waals surface area contributed by atoms with Gasteiger partial charge in [0, 0.05) is 6.54 Å². The van der Waals surface area contributed by atoms with E-state index < -0.39 is 0 Å². The van der Waals surface area contributed by atoms with E-state index in [1.54, 1.807) is 18.4 Å². The Hall–Kier alpha value is -1.29. The maximum atomic E-state index is 5.44. The highest BCUT2D eigenvalue weighted by Crippen LogP contribution is 2.35. The molecule has 0 radical (unpaired) electrons. The highest BCUT2D eigenvalue weighted by atomic mass is 32.1. The standard InChI is InChI=1S/C13H18N2OS/c1-5-14-13-15-10-6-9(8(2)3)11(16-4)7-12(10)17-13/h6-8H,5H2,1-4H3,(H,14,15). The summed E-state index contributed by atoms with van der Waals surface area (Å²) in [6.45, 7) is 7.31. The van der Waals surface area contributed by atoms with Gasteiger partial charge in [0.25, 0.3) is 0 Å². The molecule has 0 saturated carbocycles. The van der Waals surface area contributed by atoms with E-state index in [9.17, 15) is 0 Å². The van der Waals surface area contributed by atoms with Crippen molar-refractivity contribution < 1.29 is 4.74 Å². The molecule has 0 amide bonds. The summed E-state index contributed by atoms with van der Waals surface area (Å²) >= 11 is 1.67. The molecular formula is C13H18N2OS. The minimum absolute atomic E-state index is 0.443. The highest BCUT2D eigenvalue weighted by molar-refractivity contribution is 7.22. The maximum Gasteiger partial charge on any atom is 0.183 e. The minimum Gasteiger partial charge on any atom is -0.496 e. The molecule has 2 aromatic rings. The maximum absolute atomic E-state index is 5.44. The van der Waals surface area contributed by atoms with Gasteiger partial charge in [-0.15, -0.1) is 0 Å². The first-order valence-corrected chi connectivity index (χ1v) is 6.69. The molecule has 92 valence electrons. The lowest BCUT2D eigenvalue weighted by molar-refractivity contribution is 0.408. The van der Waals surface area contributed by atoms with Gasteiger partial charge < -0.3 is 10.1 Å². The Balaban J connectivity index is 2.53. The Kier molecular flexibility index (Phi) is 3.52. The van der Waals surface area contributed by atoms with E-state index in [2.05, 4.69) is 43.2 Å². The second-order valence-electron chi connectivity index (χ2n) is 4.27. The van der Waals surface area contributed by atoms with E-state index in [4.69, 9.17) is 4.74 Å². The zero-order valence-electron chi connectivity index (χ0n) is 10.7. The Morgan fingerprint density at radius 3 is 2.76 bits per heavy atom. The molecule has 3 nitrogen and oxygen atoms in total. The summed E-state index contributed by atoms with van der Waals surface area (Å²) in [5.41, 5.74) is 2.27. The normalized spacial score (nSPS) is 11.1. The Labute approximate surface area is 106 Å². The number of fused-ring (bicyclic) bond motifs is 1. The number of nitrogens with one attached hydrogen (secondary N) is 1. The van der Waals surface area contributed by atoms with E-state index in [1.165, 1.54) is 10.3 Å². The molecule has 0 bridgehead atoms. The first-order chi connectivity index (χ1) is 8.15. The molecule has 0 unspecified atom stereocenters. The van der Waals surface area contributed by atoms with Gasteiger partial charge in [0.15, 0.2) is 5.13 Å². The molecule has 0 saturated heterocycles. The second-order valence-corrected chi connectivity index (χ2v) is 5.30. The van der Waals surface area contributed by atoms with Crippen molar-refractivity contribution in [3.8, 4) is 5.75 Å². The molecule has 0 aliphatic carbocycles. The lowest BCUT2D eigenvalue weighted by Gasteiger charge is -2.11. The van der Waals surface area contributed by atoms with E-state index >= 15 is 0 Å². The molecule has 1 aromatic carbocycles. The molecule has 0 aliphatic rings.